The Morgan fingerprint density at radius 1 is 1.09 bits per heavy atom. The van der Waals surface area contributed by atoms with Crippen LogP contribution in [0.3, 0.4) is 0 Å². The smallest absolute Gasteiger partial charge is 0.276 e. The Bertz CT molecular complexity index is 1290. The van der Waals surface area contributed by atoms with Crippen LogP contribution in [-0.2, 0) is 0 Å². The molecule has 5 rings (SSSR count). The monoisotopic (exact) mass is 455 g/mol. The van der Waals surface area contributed by atoms with Crippen molar-refractivity contribution in [3.05, 3.63) is 93.2 Å². The lowest BCUT2D eigenvalue weighted by Crippen LogP contribution is -2.51. The molecule has 0 unspecified atom stereocenters. The molecule has 3 atom stereocenters. The first kappa shape index (κ1) is 21.2. The Hall–Kier alpha value is -3.62. The van der Waals surface area contributed by atoms with E-state index in [0.29, 0.717) is 24.9 Å². The van der Waals surface area contributed by atoms with Crippen LogP contribution in [0.15, 0.2) is 53.5 Å². The molecule has 1 fully saturated rings. The first-order valence-corrected chi connectivity index (χ1v) is 10.6. The molecule has 6 nitrogen and oxygen atoms in total. The number of amides is 1. The van der Waals surface area contributed by atoms with Gasteiger partial charge in [0.05, 0.1) is 25.4 Å². The van der Waals surface area contributed by atoms with E-state index < -0.39 is 40.7 Å². The van der Waals surface area contributed by atoms with Gasteiger partial charge in [-0.2, -0.15) is 5.10 Å². The summed E-state index contributed by atoms with van der Waals surface area (Å²) in [6, 6.07) is 8.37. The summed E-state index contributed by atoms with van der Waals surface area (Å²) in [5.74, 6) is -3.87. The summed E-state index contributed by atoms with van der Waals surface area (Å²) in [7, 11) is 1.29. The SMILES string of the molecule is COc1c2n(ncc1=O)[C@@H]([C@H](c1ccc(F)cc1)c1cccc(F)c1F)[C@H]1CCCN1C2=O. The maximum Gasteiger partial charge on any atom is 0.276 e. The number of carbonyl (C=O) groups is 1. The fraction of sp³-hybridized carbons (Fsp3) is 0.292. The summed E-state index contributed by atoms with van der Waals surface area (Å²) in [5.41, 5.74) is -0.00317. The highest BCUT2D eigenvalue weighted by Crippen LogP contribution is 2.46. The third-order valence-electron chi connectivity index (χ3n) is 6.50. The first-order valence-electron chi connectivity index (χ1n) is 10.6. The van der Waals surface area contributed by atoms with Gasteiger partial charge in [-0.05, 0) is 36.6 Å². The molecule has 1 amide bonds. The lowest BCUT2D eigenvalue weighted by atomic mass is 9.79. The van der Waals surface area contributed by atoms with E-state index in [1.807, 2.05) is 0 Å². The van der Waals surface area contributed by atoms with Crippen molar-refractivity contribution in [2.24, 2.45) is 0 Å². The summed E-state index contributed by atoms with van der Waals surface area (Å²) in [5, 5.41) is 4.25. The summed E-state index contributed by atoms with van der Waals surface area (Å²) in [6.45, 7) is 0.452. The van der Waals surface area contributed by atoms with Crippen molar-refractivity contribution >= 4 is 5.91 Å². The van der Waals surface area contributed by atoms with Crippen molar-refractivity contribution in [1.29, 1.82) is 0 Å². The molecule has 1 aromatic heterocycles. The second kappa shape index (κ2) is 8.06. The molecule has 170 valence electrons. The standard InChI is InChI=1S/C24H20F3N3O3/c1-33-23-18(31)12-28-30-21(17-6-3-11-29(17)24(32)22(23)30)19(13-7-9-14(25)10-8-13)15-4-2-5-16(26)20(15)27/h2,4-5,7-10,12,17,19,21H,3,6,11H2,1H3/t17-,19-,21-/m1/s1. The summed E-state index contributed by atoms with van der Waals surface area (Å²) in [4.78, 5) is 27.3. The van der Waals surface area contributed by atoms with Gasteiger partial charge in [-0.3, -0.25) is 14.3 Å². The normalized spacial score (nSPS) is 20.4. The van der Waals surface area contributed by atoms with Gasteiger partial charge in [0, 0.05) is 18.0 Å². The number of fused-ring (bicyclic) bond motifs is 2. The summed E-state index contributed by atoms with van der Waals surface area (Å²) in [6.07, 6.45) is 2.37. The van der Waals surface area contributed by atoms with Crippen molar-refractivity contribution in [2.75, 3.05) is 13.7 Å². The van der Waals surface area contributed by atoms with Crippen LogP contribution in [0, 0.1) is 17.5 Å². The van der Waals surface area contributed by atoms with Crippen LogP contribution in [-0.4, -0.2) is 40.3 Å². The zero-order valence-electron chi connectivity index (χ0n) is 17.7. The van der Waals surface area contributed by atoms with Crippen LogP contribution in [0.4, 0.5) is 13.2 Å². The Morgan fingerprint density at radius 2 is 1.85 bits per heavy atom. The number of hydrogen-bond acceptors (Lipinski definition) is 4. The molecule has 0 N–H and O–H groups in total. The van der Waals surface area contributed by atoms with Gasteiger partial charge in [-0.25, -0.2) is 13.2 Å². The molecule has 0 spiro atoms. The van der Waals surface area contributed by atoms with Crippen LogP contribution in [0.1, 0.15) is 46.4 Å². The van der Waals surface area contributed by atoms with Gasteiger partial charge in [-0.15, -0.1) is 0 Å². The Balaban J connectivity index is 1.81. The molecule has 0 saturated carbocycles. The molecule has 0 radical (unpaired) electrons. The third-order valence-corrected chi connectivity index (χ3v) is 6.50. The van der Waals surface area contributed by atoms with E-state index in [2.05, 4.69) is 5.10 Å². The van der Waals surface area contributed by atoms with Gasteiger partial charge < -0.3 is 9.64 Å². The number of halogens is 3. The summed E-state index contributed by atoms with van der Waals surface area (Å²) < 4.78 is 49.8. The van der Waals surface area contributed by atoms with Crippen LogP contribution < -0.4 is 10.2 Å². The fourth-order valence-electron chi connectivity index (χ4n) is 5.12. The Morgan fingerprint density at radius 3 is 2.58 bits per heavy atom. The zero-order valence-corrected chi connectivity index (χ0v) is 17.7. The highest BCUT2D eigenvalue weighted by atomic mass is 19.2. The van der Waals surface area contributed by atoms with E-state index in [0.717, 1.165) is 12.3 Å². The van der Waals surface area contributed by atoms with Crippen molar-refractivity contribution in [3.63, 3.8) is 0 Å². The average molecular weight is 455 g/mol. The van der Waals surface area contributed by atoms with Gasteiger partial charge in [0.25, 0.3) is 5.91 Å². The molecule has 0 bridgehead atoms. The van der Waals surface area contributed by atoms with Crippen molar-refractivity contribution in [1.82, 2.24) is 14.7 Å². The molecule has 0 aliphatic carbocycles. The average Bonchev–Trinajstić information content (AvgIpc) is 3.30. The van der Waals surface area contributed by atoms with Gasteiger partial charge in [0.2, 0.25) is 5.43 Å². The van der Waals surface area contributed by atoms with E-state index in [1.165, 1.54) is 48.2 Å². The molecule has 2 aromatic carbocycles. The number of rotatable bonds is 4. The number of methoxy groups -OCH3 is 1. The number of nitrogens with zero attached hydrogens (tertiary/aromatic N) is 3. The minimum Gasteiger partial charge on any atom is -0.491 e. The van der Waals surface area contributed by atoms with Gasteiger partial charge in [0.1, 0.15) is 5.82 Å². The Labute approximate surface area is 187 Å². The largest absolute Gasteiger partial charge is 0.491 e. The van der Waals surface area contributed by atoms with Gasteiger partial charge in [0.15, 0.2) is 23.1 Å². The van der Waals surface area contributed by atoms with E-state index in [9.17, 15) is 18.4 Å². The molecular formula is C24H20F3N3O3. The second-order valence-electron chi connectivity index (χ2n) is 8.21. The predicted octanol–water partition coefficient (Wildman–Crippen LogP) is 3.66. The highest BCUT2D eigenvalue weighted by molar-refractivity contribution is 5.96. The van der Waals surface area contributed by atoms with E-state index >= 15 is 4.39 Å². The molecule has 33 heavy (non-hydrogen) atoms. The van der Waals surface area contributed by atoms with Crippen LogP contribution in [0.2, 0.25) is 0 Å². The fourth-order valence-corrected chi connectivity index (χ4v) is 5.12. The summed E-state index contributed by atoms with van der Waals surface area (Å²) >= 11 is 0. The lowest BCUT2D eigenvalue weighted by Gasteiger charge is -2.42. The highest BCUT2D eigenvalue weighted by Gasteiger charge is 2.48. The van der Waals surface area contributed by atoms with Crippen molar-refractivity contribution in [3.8, 4) is 5.75 Å². The number of ether oxygens (including phenoxy) is 1. The van der Waals surface area contributed by atoms with E-state index in [-0.39, 0.29) is 23.0 Å². The number of carbonyl (C=O) groups excluding carboxylic acids is 1. The zero-order chi connectivity index (χ0) is 23.3. The van der Waals surface area contributed by atoms with Crippen molar-refractivity contribution in [2.45, 2.75) is 30.8 Å². The number of aromatic nitrogens is 2. The first-order chi connectivity index (χ1) is 15.9. The topological polar surface area (TPSA) is 64.4 Å². The maximum atomic E-state index is 15.1. The lowest BCUT2D eigenvalue weighted by molar-refractivity contribution is 0.0563. The molecular weight excluding hydrogens is 435 g/mol. The van der Waals surface area contributed by atoms with Crippen LogP contribution in [0.25, 0.3) is 0 Å². The molecule has 3 heterocycles. The second-order valence-corrected chi connectivity index (χ2v) is 8.21. The minimum atomic E-state index is -1.03. The van der Waals surface area contributed by atoms with Gasteiger partial charge in [-0.1, -0.05) is 24.3 Å². The van der Waals surface area contributed by atoms with Crippen LogP contribution in [0.5, 0.6) is 5.75 Å². The quantitative estimate of drug-likeness (QED) is 0.603. The Kier molecular flexibility index (Phi) is 5.19. The third kappa shape index (κ3) is 3.30. The minimum absolute atomic E-state index is 0.0305. The molecule has 1 saturated heterocycles. The molecule has 2 aliphatic rings. The molecule has 2 aliphatic heterocycles. The molecule has 9 heteroatoms. The number of benzene rings is 2. The predicted molar refractivity (Wildman–Crippen MR) is 113 cm³/mol. The van der Waals surface area contributed by atoms with E-state index in [1.54, 1.807) is 4.90 Å². The molecule has 3 aromatic rings. The van der Waals surface area contributed by atoms with Crippen LogP contribution >= 0.6 is 0 Å². The van der Waals surface area contributed by atoms with E-state index in [4.69, 9.17) is 4.74 Å². The van der Waals surface area contributed by atoms with Gasteiger partial charge >= 0.3 is 0 Å². The maximum absolute atomic E-state index is 15.1. The number of hydrogen-bond donors (Lipinski definition) is 0. The van der Waals surface area contributed by atoms with Crippen molar-refractivity contribution < 1.29 is 22.7 Å².